The first kappa shape index (κ1) is 44.2. The highest BCUT2D eigenvalue weighted by molar-refractivity contribution is 5.77. The lowest BCUT2D eigenvalue weighted by atomic mass is 9.73. The van der Waals surface area contributed by atoms with E-state index in [9.17, 15) is 45.8 Å². The number of carbonyl (C=O) groups excluding carboxylic acids is 2. The van der Waals surface area contributed by atoms with Crippen LogP contribution in [0.2, 0.25) is 0 Å². The van der Waals surface area contributed by atoms with Gasteiger partial charge in [0.25, 0.3) is 0 Å². The number of carboxylic acid groups (broad SMARTS) is 1. The molecule has 50 heavy (non-hydrogen) atoms. The molecule has 282 valence electrons. The van der Waals surface area contributed by atoms with Crippen LogP contribution < -0.4 is 5.32 Å². The largest absolute Gasteiger partial charge is 0.519 e. The summed E-state index contributed by atoms with van der Waals surface area (Å²) in [5.74, 6) is -0.959. The monoisotopic (exact) mass is 723 g/mol. The normalized spacial score (nSPS) is 20.3. The Morgan fingerprint density at radius 3 is 1.64 bits per heavy atom. The molecule has 0 saturated carbocycles. The predicted octanol–water partition coefficient (Wildman–Crippen LogP) is 9.68. The Morgan fingerprint density at radius 2 is 1.28 bits per heavy atom. The second-order valence-corrected chi connectivity index (χ2v) is 14.0. The van der Waals surface area contributed by atoms with E-state index in [0.717, 1.165) is 5.56 Å². The van der Waals surface area contributed by atoms with Crippen LogP contribution in [0.1, 0.15) is 104 Å². The third-order valence-electron chi connectivity index (χ3n) is 7.37. The maximum Gasteiger partial charge on any atom is 0.519 e. The van der Waals surface area contributed by atoms with Gasteiger partial charge in [0.2, 0.25) is 0 Å². The minimum atomic E-state index is -4.95. The van der Waals surface area contributed by atoms with E-state index < -0.39 is 70.0 Å². The van der Waals surface area contributed by atoms with Gasteiger partial charge in [-0.25, -0.2) is 9.59 Å². The number of halogens is 6. The average molecular weight is 724 g/mol. The molecule has 1 aliphatic rings. The summed E-state index contributed by atoms with van der Waals surface area (Å²) in [5, 5.41) is 12.8. The van der Waals surface area contributed by atoms with E-state index in [2.05, 4.69) is 10.1 Å². The zero-order valence-corrected chi connectivity index (χ0v) is 28.6. The molecule has 3 rings (SSSR count). The van der Waals surface area contributed by atoms with Crippen LogP contribution in [0.5, 0.6) is 0 Å². The highest BCUT2D eigenvalue weighted by Crippen LogP contribution is 2.41. The molecule has 0 aliphatic carbocycles. The van der Waals surface area contributed by atoms with E-state index in [0.29, 0.717) is 25.0 Å². The summed E-state index contributed by atoms with van der Waals surface area (Å²) >= 11 is 0. The molecule has 0 radical (unpaired) electrons. The van der Waals surface area contributed by atoms with Crippen molar-refractivity contribution in [3.8, 4) is 0 Å². The molecule has 1 aliphatic heterocycles. The number of alkyl halides is 6. The van der Waals surface area contributed by atoms with Gasteiger partial charge in [0, 0.05) is 6.54 Å². The number of ether oxygens (including phenoxy) is 4. The van der Waals surface area contributed by atoms with Crippen LogP contribution in [0.25, 0.3) is 0 Å². The van der Waals surface area contributed by atoms with Crippen molar-refractivity contribution in [2.24, 2.45) is 5.41 Å². The van der Waals surface area contributed by atoms with Crippen LogP contribution in [-0.4, -0.2) is 47.7 Å². The van der Waals surface area contributed by atoms with E-state index in [-0.39, 0.29) is 32.2 Å². The zero-order valence-electron chi connectivity index (χ0n) is 28.6. The van der Waals surface area contributed by atoms with E-state index in [1.165, 1.54) is 6.92 Å². The maximum atomic E-state index is 13.2. The lowest BCUT2D eigenvalue weighted by Gasteiger charge is -2.44. The number of hydrogen-bond acceptors (Lipinski definition) is 8. The van der Waals surface area contributed by atoms with Crippen LogP contribution in [0, 0.1) is 5.41 Å². The van der Waals surface area contributed by atoms with Crippen LogP contribution in [0.15, 0.2) is 48.5 Å². The van der Waals surface area contributed by atoms with Gasteiger partial charge in [-0.1, -0.05) is 37.8 Å². The van der Waals surface area contributed by atoms with Crippen molar-refractivity contribution in [1.82, 2.24) is 5.32 Å². The molecule has 2 aromatic carbocycles. The Bertz CT molecular complexity index is 1380. The van der Waals surface area contributed by atoms with Crippen LogP contribution in [0.4, 0.5) is 35.9 Å². The summed E-state index contributed by atoms with van der Waals surface area (Å²) in [7, 11) is 0. The molecule has 9 nitrogen and oxygen atoms in total. The first-order valence-electron chi connectivity index (χ1n) is 15.2. The molecule has 0 unspecified atom stereocenters. The molecule has 15 heteroatoms. The molecular formula is C35H47F6NO8. The summed E-state index contributed by atoms with van der Waals surface area (Å²) in [6.07, 6.45) is -12.4. The van der Waals surface area contributed by atoms with Crippen molar-refractivity contribution >= 4 is 18.3 Å². The Hall–Kier alpha value is -3.85. The van der Waals surface area contributed by atoms with Gasteiger partial charge in [0.15, 0.2) is 0 Å². The van der Waals surface area contributed by atoms with Crippen molar-refractivity contribution < 1.29 is 64.8 Å². The third kappa shape index (κ3) is 13.5. The van der Waals surface area contributed by atoms with Crippen molar-refractivity contribution in [3.63, 3.8) is 0 Å². The van der Waals surface area contributed by atoms with E-state index >= 15 is 0 Å². The molecule has 1 saturated heterocycles. The Morgan fingerprint density at radius 1 is 0.820 bits per heavy atom. The lowest BCUT2D eigenvalue weighted by molar-refractivity contribution is -0.151. The standard InChI is InChI=1S/C24H25F6NO3.C10H18O5.CH4/c1-15(16-10-18(23(25,26)27)12-19(11-16)24(28,29)30)34-14-22(17-6-4-3-5-7-17)9-8-21(2,13-31-22)20(32)33;1-9(2,3)14-7(11)13-8(12)15-10(4,5)6;/h3-7,10-12,15,31H,8-9,13-14H2,1-2H3,(H,32,33);1-6H3;1H4/t15-,21-,22-;;/m1../s1. The van der Waals surface area contributed by atoms with Gasteiger partial charge < -0.3 is 29.4 Å². The van der Waals surface area contributed by atoms with Crippen molar-refractivity contribution in [1.29, 1.82) is 0 Å². The second kappa shape index (κ2) is 16.4. The fourth-order valence-corrected chi connectivity index (χ4v) is 4.61. The summed E-state index contributed by atoms with van der Waals surface area (Å²) < 4.78 is 99.0. The molecule has 2 aromatic rings. The molecule has 1 fully saturated rings. The van der Waals surface area contributed by atoms with Crippen LogP contribution >= 0.6 is 0 Å². The fraction of sp³-hybridized carbons (Fsp3) is 0.571. The Labute approximate surface area is 288 Å². The van der Waals surface area contributed by atoms with Gasteiger partial charge in [-0.05, 0) is 97.6 Å². The number of carbonyl (C=O) groups is 3. The molecule has 0 aromatic heterocycles. The van der Waals surface area contributed by atoms with Crippen molar-refractivity contribution in [3.05, 3.63) is 70.8 Å². The fourth-order valence-electron chi connectivity index (χ4n) is 4.61. The van der Waals surface area contributed by atoms with Gasteiger partial charge >= 0.3 is 30.6 Å². The van der Waals surface area contributed by atoms with E-state index in [4.69, 9.17) is 14.2 Å². The highest BCUT2D eigenvalue weighted by atomic mass is 19.4. The van der Waals surface area contributed by atoms with Gasteiger partial charge in [-0.3, -0.25) is 4.79 Å². The molecule has 0 amide bonds. The number of hydrogen-bond donors (Lipinski definition) is 2. The maximum absolute atomic E-state index is 13.2. The number of aliphatic carboxylic acids is 1. The smallest absolute Gasteiger partial charge is 0.481 e. The molecule has 0 bridgehead atoms. The topological polar surface area (TPSA) is 120 Å². The second-order valence-electron chi connectivity index (χ2n) is 14.0. The van der Waals surface area contributed by atoms with Gasteiger partial charge in [-0.2, -0.15) is 26.3 Å². The van der Waals surface area contributed by atoms with Crippen LogP contribution in [0.3, 0.4) is 0 Å². The van der Waals surface area contributed by atoms with Crippen LogP contribution in [-0.2, 0) is 41.6 Å². The number of nitrogens with one attached hydrogen (secondary N) is 1. The summed E-state index contributed by atoms with van der Waals surface area (Å²) in [4.78, 5) is 33.7. The zero-order chi connectivity index (χ0) is 37.6. The van der Waals surface area contributed by atoms with Crippen molar-refractivity contribution in [2.75, 3.05) is 13.2 Å². The quantitative estimate of drug-likeness (QED) is 0.171. The Kier molecular flexibility index (Phi) is 14.5. The minimum absolute atomic E-state index is 0. The molecule has 0 spiro atoms. The van der Waals surface area contributed by atoms with Gasteiger partial charge in [-0.15, -0.1) is 0 Å². The van der Waals surface area contributed by atoms with E-state index in [1.807, 2.05) is 12.1 Å². The summed E-state index contributed by atoms with van der Waals surface area (Å²) in [6.45, 7) is 13.1. The van der Waals surface area contributed by atoms with Gasteiger partial charge in [0.05, 0.1) is 34.8 Å². The average Bonchev–Trinajstić information content (AvgIpc) is 2.94. The SMILES string of the molecule is C.CC(C)(C)OC(=O)OC(=O)OC(C)(C)C.C[C@@H](OC[C@@]1(c2ccccc2)CC[C@@](C)(C(=O)O)CN1)c1cc(C(F)(F)F)cc(C(F)(F)F)c1. The number of carboxylic acids is 1. The Balaban J connectivity index is 0.000000662. The van der Waals surface area contributed by atoms with E-state index in [1.54, 1.807) is 66.7 Å². The summed E-state index contributed by atoms with van der Waals surface area (Å²) in [6, 6.07) is 10.4. The number of piperidine rings is 1. The highest BCUT2D eigenvalue weighted by Gasteiger charge is 2.45. The third-order valence-corrected chi connectivity index (χ3v) is 7.37. The summed E-state index contributed by atoms with van der Waals surface area (Å²) in [5.41, 5.74) is -5.52. The number of benzene rings is 2. The predicted molar refractivity (Wildman–Crippen MR) is 172 cm³/mol. The number of rotatable bonds is 6. The first-order chi connectivity index (χ1) is 22.2. The van der Waals surface area contributed by atoms with Crippen molar-refractivity contribution in [2.45, 2.75) is 111 Å². The molecule has 1 heterocycles. The molecule has 3 atom stereocenters. The first-order valence-corrected chi connectivity index (χ1v) is 15.2. The molecular weight excluding hydrogens is 676 g/mol. The lowest BCUT2D eigenvalue weighted by Crippen LogP contribution is -2.56. The minimum Gasteiger partial charge on any atom is -0.481 e. The van der Waals surface area contributed by atoms with Gasteiger partial charge in [0.1, 0.15) is 11.2 Å². The molecule has 2 N–H and O–H groups in total.